The first kappa shape index (κ1) is 27.2. The molecular formula is C27H24FN5O5S. The number of nitrogens with zero attached hydrogens (tertiary/aromatic N) is 4. The molecule has 12 heteroatoms. The lowest BCUT2D eigenvalue weighted by Crippen LogP contribution is -2.39. The van der Waals surface area contributed by atoms with Crippen molar-refractivity contribution in [2.24, 2.45) is 5.10 Å². The number of nitro groups is 1. The van der Waals surface area contributed by atoms with Crippen LogP contribution >= 0.6 is 0 Å². The number of amides is 1. The first-order chi connectivity index (χ1) is 18.6. The van der Waals surface area contributed by atoms with Crippen molar-refractivity contribution in [1.29, 1.82) is 0 Å². The zero-order valence-corrected chi connectivity index (χ0v) is 21.8. The summed E-state index contributed by atoms with van der Waals surface area (Å²) in [6.07, 6.45) is 1.43. The molecule has 0 unspecified atom stereocenters. The highest BCUT2D eigenvalue weighted by atomic mass is 32.2. The van der Waals surface area contributed by atoms with E-state index in [1.165, 1.54) is 42.6 Å². The summed E-state index contributed by atoms with van der Waals surface area (Å²) in [5, 5.41) is 15.0. The molecule has 0 atom stereocenters. The monoisotopic (exact) mass is 549 g/mol. The molecule has 1 amide bonds. The van der Waals surface area contributed by atoms with Gasteiger partial charge in [0.15, 0.2) is 0 Å². The molecule has 1 aromatic heterocycles. The zero-order valence-electron chi connectivity index (χ0n) is 21.0. The van der Waals surface area contributed by atoms with Crippen LogP contribution in [0.25, 0.3) is 5.69 Å². The Balaban J connectivity index is 1.55. The summed E-state index contributed by atoms with van der Waals surface area (Å²) in [6, 6.07) is 20.3. The third-order valence-electron chi connectivity index (χ3n) is 5.91. The number of benzene rings is 3. The lowest BCUT2D eigenvalue weighted by molar-refractivity contribution is -0.384. The van der Waals surface area contributed by atoms with E-state index < -0.39 is 27.4 Å². The first-order valence-electron chi connectivity index (χ1n) is 11.7. The third kappa shape index (κ3) is 6.02. The van der Waals surface area contributed by atoms with Gasteiger partial charge < -0.3 is 4.57 Å². The van der Waals surface area contributed by atoms with E-state index in [2.05, 4.69) is 10.5 Å². The molecule has 10 nitrogen and oxygen atoms in total. The highest BCUT2D eigenvalue weighted by Crippen LogP contribution is 2.26. The number of aryl methyl sites for hydroxylation is 1. The van der Waals surface area contributed by atoms with Crippen LogP contribution in [0.5, 0.6) is 0 Å². The number of nitrogens with one attached hydrogen (secondary N) is 1. The Hall–Kier alpha value is -4.84. The minimum Gasteiger partial charge on any atom is -0.318 e. The summed E-state index contributed by atoms with van der Waals surface area (Å²) in [4.78, 5) is 23.2. The molecule has 0 saturated heterocycles. The summed E-state index contributed by atoms with van der Waals surface area (Å²) in [5.74, 6) is -1.07. The molecular weight excluding hydrogens is 525 g/mol. The zero-order chi connectivity index (χ0) is 28.2. The molecule has 200 valence electrons. The molecule has 1 heterocycles. The summed E-state index contributed by atoms with van der Waals surface area (Å²) >= 11 is 0. The maximum atomic E-state index is 13.4. The standard InChI is InChI=1S/C27H24FN5O5S/c1-19-16-21(20(2)32(19)24-10-8-22(28)9-11-24)17-29-30-27(34)18-31(23-12-14-25(15-13-23)33(35)36)39(37,38)26-6-4-3-5-7-26/h3-17H,18H2,1-2H3,(H,30,34)/b29-17+. The summed E-state index contributed by atoms with van der Waals surface area (Å²) in [5.41, 5.74) is 5.33. The van der Waals surface area contributed by atoms with E-state index in [4.69, 9.17) is 0 Å². The fourth-order valence-electron chi connectivity index (χ4n) is 4.02. The molecule has 0 aliphatic carbocycles. The van der Waals surface area contributed by atoms with Crippen molar-refractivity contribution in [3.8, 4) is 5.69 Å². The maximum Gasteiger partial charge on any atom is 0.269 e. The second-order valence-electron chi connectivity index (χ2n) is 8.53. The number of anilines is 1. The van der Waals surface area contributed by atoms with Gasteiger partial charge in [0.1, 0.15) is 12.4 Å². The smallest absolute Gasteiger partial charge is 0.269 e. The minimum atomic E-state index is -4.18. The molecule has 0 bridgehead atoms. The number of carbonyl (C=O) groups is 1. The summed E-state index contributed by atoms with van der Waals surface area (Å²) in [6.45, 7) is 3.10. The largest absolute Gasteiger partial charge is 0.318 e. The number of halogens is 1. The van der Waals surface area contributed by atoms with Crippen molar-refractivity contribution in [3.63, 3.8) is 0 Å². The van der Waals surface area contributed by atoms with Gasteiger partial charge in [0.2, 0.25) is 0 Å². The molecule has 0 radical (unpaired) electrons. The van der Waals surface area contributed by atoms with Crippen LogP contribution in [0, 0.1) is 29.8 Å². The first-order valence-corrected chi connectivity index (χ1v) is 13.1. The molecule has 0 spiro atoms. The summed E-state index contributed by atoms with van der Waals surface area (Å²) in [7, 11) is -4.18. The summed E-state index contributed by atoms with van der Waals surface area (Å²) < 4.78 is 42.8. The number of rotatable bonds is 9. The molecule has 0 aliphatic rings. The van der Waals surface area contributed by atoms with E-state index in [0.717, 1.165) is 33.5 Å². The highest BCUT2D eigenvalue weighted by molar-refractivity contribution is 7.92. The molecule has 0 aliphatic heterocycles. The van der Waals surface area contributed by atoms with Crippen molar-refractivity contribution in [2.75, 3.05) is 10.8 Å². The molecule has 39 heavy (non-hydrogen) atoms. The number of hydrogen-bond donors (Lipinski definition) is 1. The van der Waals surface area contributed by atoms with Gasteiger partial charge in [-0.1, -0.05) is 18.2 Å². The SMILES string of the molecule is Cc1cc(/C=N/NC(=O)CN(c2ccc([N+](=O)[O-])cc2)S(=O)(=O)c2ccccc2)c(C)n1-c1ccc(F)cc1. The number of aromatic nitrogens is 1. The Bertz CT molecular complexity index is 1630. The third-order valence-corrected chi connectivity index (χ3v) is 7.70. The van der Waals surface area contributed by atoms with Crippen molar-refractivity contribution >= 4 is 33.5 Å². The van der Waals surface area contributed by atoms with Crippen molar-refractivity contribution in [3.05, 3.63) is 118 Å². The van der Waals surface area contributed by atoms with E-state index in [1.54, 1.807) is 30.3 Å². The second-order valence-corrected chi connectivity index (χ2v) is 10.4. The molecule has 4 rings (SSSR count). The highest BCUT2D eigenvalue weighted by Gasteiger charge is 2.27. The number of non-ortho nitro benzene ring substituents is 1. The Labute approximate surface area is 224 Å². The molecule has 3 aromatic carbocycles. The molecule has 0 fully saturated rings. The predicted molar refractivity (Wildman–Crippen MR) is 145 cm³/mol. The number of carbonyl (C=O) groups excluding carboxylic acids is 1. The number of sulfonamides is 1. The predicted octanol–water partition coefficient (Wildman–Crippen LogP) is 4.49. The Kier molecular flexibility index (Phi) is 7.86. The average molecular weight is 550 g/mol. The lowest BCUT2D eigenvalue weighted by atomic mass is 10.2. The van der Waals surface area contributed by atoms with Crippen LogP contribution in [0.4, 0.5) is 15.8 Å². The van der Waals surface area contributed by atoms with Crippen LogP contribution in [0.2, 0.25) is 0 Å². The van der Waals surface area contributed by atoms with Crippen LogP contribution in [0.15, 0.2) is 94.9 Å². The Morgan fingerprint density at radius 1 is 1.05 bits per heavy atom. The van der Waals surface area contributed by atoms with E-state index in [0.29, 0.717) is 5.56 Å². The van der Waals surface area contributed by atoms with Crippen molar-refractivity contribution < 1.29 is 22.5 Å². The number of hydrazone groups is 1. The molecule has 4 aromatic rings. The van der Waals surface area contributed by atoms with E-state index in [-0.39, 0.29) is 22.1 Å². The number of hydrogen-bond acceptors (Lipinski definition) is 6. The molecule has 0 saturated carbocycles. The molecule has 1 N–H and O–H groups in total. The van der Waals surface area contributed by atoms with Crippen LogP contribution < -0.4 is 9.73 Å². The van der Waals surface area contributed by atoms with Crippen molar-refractivity contribution in [1.82, 2.24) is 9.99 Å². The van der Waals surface area contributed by atoms with Gasteiger partial charge in [0.25, 0.3) is 21.6 Å². The average Bonchev–Trinajstić information content (AvgIpc) is 3.20. The van der Waals surface area contributed by atoms with Gasteiger partial charge >= 0.3 is 0 Å². The van der Waals surface area contributed by atoms with E-state index >= 15 is 0 Å². The van der Waals surface area contributed by atoms with E-state index in [1.807, 2.05) is 24.5 Å². The van der Waals surface area contributed by atoms with E-state index in [9.17, 15) is 27.7 Å². The second kappa shape index (κ2) is 11.3. The quantitative estimate of drug-likeness (QED) is 0.187. The van der Waals surface area contributed by atoms with Gasteiger partial charge in [-0.05, 0) is 68.4 Å². The fourth-order valence-corrected chi connectivity index (χ4v) is 5.46. The van der Waals surface area contributed by atoms with Gasteiger partial charge in [-0.15, -0.1) is 0 Å². The van der Waals surface area contributed by atoms with Crippen molar-refractivity contribution in [2.45, 2.75) is 18.7 Å². The number of nitro benzene ring substituents is 1. The topological polar surface area (TPSA) is 127 Å². The Morgan fingerprint density at radius 2 is 1.69 bits per heavy atom. The maximum absolute atomic E-state index is 13.4. The van der Waals surface area contributed by atoms with Gasteiger partial charge in [0, 0.05) is 34.8 Å². The van der Waals surface area contributed by atoms with Crippen LogP contribution in [0.3, 0.4) is 0 Å². The fraction of sp³-hybridized carbons (Fsp3) is 0.111. The van der Waals surface area contributed by atoms with Gasteiger partial charge in [0.05, 0.1) is 21.7 Å². The van der Waals surface area contributed by atoms with Gasteiger partial charge in [-0.3, -0.25) is 19.2 Å². The van der Waals surface area contributed by atoms with Gasteiger partial charge in [-0.2, -0.15) is 5.10 Å². The van der Waals surface area contributed by atoms with Crippen LogP contribution in [0.1, 0.15) is 17.0 Å². The van der Waals surface area contributed by atoms with Crippen LogP contribution in [-0.4, -0.2) is 36.6 Å². The van der Waals surface area contributed by atoms with Gasteiger partial charge in [-0.25, -0.2) is 18.2 Å². The normalized spacial score (nSPS) is 11.5. The van der Waals surface area contributed by atoms with Crippen LogP contribution in [-0.2, 0) is 14.8 Å². The Morgan fingerprint density at radius 3 is 2.31 bits per heavy atom. The lowest BCUT2D eigenvalue weighted by Gasteiger charge is -2.23. The minimum absolute atomic E-state index is 0.0483.